The lowest BCUT2D eigenvalue weighted by Gasteiger charge is -2.28. The van der Waals surface area contributed by atoms with Gasteiger partial charge in [0.1, 0.15) is 11.6 Å². The zero-order valence-electron chi connectivity index (χ0n) is 22.0. The monoisotopic (exact) mass is 539 g/mol. The van der Waals surface area contributed by atoms with Crippen molar-refractivity contribution in [3.05, 3.63) is 64.5 Å². The number of ketones is 1. The largest absolute Gasteiger partial charge is 0.507 e. The zero-order valence-corrected chi connectivity index (χ0v) is 23.6. The van der Waals surface area contributed by atoms with E-state index in [9.17, 15) is 9.90 Å². The van der Waals surface area contributed by atoms with E-state index in [-0.39, 0.29) is 34.8 Å². The van der Waals surface area contributed by atoms with Gasteiger partial charge in [0, 0.05) is 40.9 Å². The van der Waals surface area contributed by atoms with Crippen LogP contribution >= 0.6 is 16.1 Å². The van der Waals surface area contributed by atoms with Gasteiger partial charge in [0.05, 0.1) is 28.4 Å². The van der Waals surface area contributed by atoms with E-state index in [1.807, 2.05) is 30.3 Å². The summed E-state index contributed by atoms with van der Waals surface area (Å²) in [4.78, 5) is 20.2. The lowest BCUT2D eigenvalue weighted by molar-refractivity contribution is 0.0963. The smallest absolute Gasteiger partial charge is 0.182 e. The number of rotatable bonds is 6. The molecule has 1 saturated heterocycles. The van der Waals surface area contributed by atoms with Gasteiger partial charge < -0.3 is 10.0 Å². The lowest BCUT2D eigenvalue weighted by Crippen LogP contribution is -2.32. The molecule has 5 nitrogen and oxygen atoms in total. The molecule has 1 aliphatic rings. The Hall–Kier alpha value is -2.47. The molecule has 1 fully saturated rings. The van der Waals surface area contributed by atoms with Crippen molar-refractivity contribution in [1.82, 2.24) is 9.88 Å². The predicted molar refractivity (Wildman–Crippen MR) is 148 cm³/mol. The fourth-order valence-corrected chi connectivity index (χ4v) is 5.09. The molecule has 0 bridgehead atoms. The Balaban J connectivity index is 1.98. The second kappa shape index (κ2) is 10.7. The molecule has 0 saturated carbocycles. The van der Waals surface area contributed by atoms with Crippen molar-refractivity contribution < 1.29 is 9.90 Å². The molecule has 1 unspecified atom stereocenters. The number of halogens is 1. The molecule has 0 amide bonds. The Morgan fingerprint density at radius 1 is 1.17 bits per heavy atom. The maximum Gasteiger partial charge on any atom is 0.182 e. The van der Waals surface area contributed by atoms with Crippen LogP contribution in [-0.4, -0.2) is 39.7 Å². The Morgan fingerprint density at radius 2 is 1.80 bits per heavy atom. The quantitative estimate of drug-likeness (QED) is 0.398. The summed E-state index contributed by atoms with van der Waals surface area (Å²) in [5, 5.41) is 11.0. The van der Waals surface area contributed by atoms with Crippen LogP contribution in [-0.2, 0) is 10.8 Å². The van der Waals surface area contributed by atoms with Crippen molar-refractivity contribution in [1.29, 1.82) is 0 Å². The third-order valence-electron chi connectivity index (χ3n) is 6.53. The van der Waals surface area contributed by atoms with Gasteiger partial charge in [-0.05, 0) is 47.6 Å². The third-order valence-corrected chi connectivity index (χ3v) is 6.86. The minimum absolute atomic E-state index is 0.0176. The number of likely N-dealkylation sites (tertiary alicyclic amines) is 1. The van der Waals surface area contributed by atoms with Gasteiger partial charge in [-0.3, -0.25) is 9.78 Å². The van der Waals surface area contributed by atoms with Gasteiger partial charge in [0.25, 0.3) is 0 Å². The van der Waals surface area contributed by atoms with Crippen LogP contribution in [0, 0.1) is 5.92 Å². The number of phenolic OH excluding ortho intramolecular Hbond substituents is 1. The first-order valence-electron chi connectivity index (χ1n) is 12.3. The Morgan fingerprint density at radius 3 is 2.29 bits per heavy atom. The van der Waals surface area contributed by atoms with E-state index in [0.29, 0.717) is 5.56 Å². The number of pyridine rings is 1. The van der Waals surface area contributed by atoms with Crippen molar-refractivity contribution in [3.8, 4) is 5.75 Å². The van der Waals surface area contributed by atoms with Crippen molar-refractivity contribution in [2.45, 2.75) is 72.1 Å². The number of hydrogen-bond acceptors (Lipinski definition) is 4. The van der Waals surface area contributed by atoms with Crippen molar-refractivity contribution in [2.75, 3.05) is 13.1 Å². The number of aromatic nitrogens is 1. The number of hydrogen-bond donors (Lipinski definition) is 1. The van der Waals surface area contributed by atoms with E-state index in [1.165, 1.54) is 0 Å². The molecule has 35 heavy (non-hydrogen) atoms. The van der Waals surface area contributed by atoms with Crippen LogP contribution in [0.2, 0.25) is 0 Å². The molecule has 2 aromatic rings. The van der Waals surface area contributed by atoms with Gasteiger partial charge >= 0.3 is 0 Å². The normalized spacial score (nSPS) is 19.1. The van der Waals surface area contributed by atoms with Gasteiger partial charge in [0.15, 0.2) is 5.78 Å². The molecule has 0 aliphatic carbocycles. The SMILES string of the molecule is CCCC1CN(CC(=O)c2cc(C(C)(C)C)c(O)c(C(C)(C)C)c2)C(=N\Br)/C1=C/c1ccccn1. The Kier molecular flexibility index (Phi) is 8.25. The molecule has 188 valence electrons. The van der Waals surface area contributed by atoms with Crippen molar-refractivity contribution >= 4 is 33.8 Å². The second-order valence-electron chi connectivity index (χ2n) is 11.5. The van der Waals surface area contributed by atoms with E-state index in [0.717, 1.165) is 47.6 Å². The first-order valence-corrected chi connectivity index (χ1v) is 13.1. The van der Waals surface area contributed by atoms with Crippen LogP contribution in [0.25, 0.3) is 6.08 Å². The highest BCUT2D eigenvalue weighted by Gasteiger charge is 2.35. The number of nitrogens with zero attached hydrogens (tertiary/aromatic N) is 3. The maximum absolute atomic E-state index is 13.6. The summed E-state index contributed by atoms with van der Waals surface area (Å²) >= 11 is 3.32. The number of amidine groups is 1. The van der Waals surface area contributed by atoms with Crippen LogP contribution in [0.15, 0.2) is 46.1 Å². The molecule has 3 rings (SSSR count). The van der Waals surface area contributed by atoms with Crippen LogP contribution in [0.5, 0.6) is 5.75 Å². The molecule has 6 heteroatoms. The molecule has 2 heterocycles. The maximum atomic E-state index is 13.6. The first-order chi connectivity index (χ1) is 16.4. The molecule has 1 atom stereocenters. The molecule has 0 spiro atoms. The second-order valence-corrected chi connectivity index (χ2v) is 11.8. The summed E-state index contributed by atoms with van der Waals surface area (Å²) in [5.41, 5.74) is 3.62. The fourth-order valence-electron chi connectivity index (χ4n) is 4.66. The topological polar surface area (TPSA) is 65.8 Å². The summed E-state index contributed by atoms with van der Waals surface area (Å²) in [6, 6.07) is 9.58. The van der Waals surface area contributed by atoms with E-state index >= 15 is 0 Å². The van der Waals surface area contributed by atoms with Gasteiger partial charge in [-0.1, -0.05) is 61.0 Å². The number of aromatic hydroxyl groups is 1. The minimum atomic E-state index is -0.290. The number of carbonyl (C=O) groups excluding carboxylic acids is 1. The predicted octanol–water partition coefficient (Wildman–Crippen LogP) is 7.09. The first kappa shape index (κ1) is 27.1. The lowest BCUT2D eigenvalue weighted by atomic mass is 9.78. The fraction of sp³-hybridized carbons (Fsp3) is 0.483. The van der Waals surface area contributed by atoms with Gasteiger partial charge in [0.2, 0.25) is 0 Å². The van der Waals surface area contributed by atoms with E-state index in [2.05, 4.69) is 84.6 Å². The van der Waals surface area contributed by atoms with Crippen LogP contribution in [0.4, 0.5) is 0 Å². The summed E-state index contributed by atoms with van der Waals surface area (Å²) in [7, 11) is 0. The molecule has 1 aromatic heterocycles. The molecular weight excluding hydrogens is 502 g/mol. The summed E-state index contributed by atoms with van der Waals surface area (Å²) in [6.07, 6.45) is 5.92. The molecule has 1 aromatic carbocycles. The highest BCUT2D eigenvalue weighted by atomic mass is 79.9. The van der Waals surface area contributed by atoms with Crippen LogP contribution in [0.3, 0.4) is 0 Å². The minimum Gasteiger partial charge on any atom is -0.507 e. The molecule has 0 radical (unpaired) electrons. The number of Topliss-reactive ketones (excluding diaryl/α,β-unsaturated/α-hetero) is 1. The summed E-state index contributed by atoms with van der Waals surface area (Å²) in [6.45, 7) is 15.5. The molecule has 1 aliphatic heterocycles. The number of carbonyl (C=O) groups is 1. The van der Waals surface area contributed by atoms with Gasteiger partial charge in [-0.15, -0.1) is 0 Å². The Labute approximate surface area is 218 Å². The van der Waals surface area contributed by atoms with Gasteiger partial charge in [-0.2, -0.15) is 4.02 Å². The summed E-state index contributed by atoms with van der Waals surface area (Å²) in [5.74, 6) is 1.37. The molecule has 1 N–H and O–H groups in total. The highest BCUT2D eigenvalue weighted by molar-refractivity contribution is 9.08. The van der Waals surface area contributed by atoms with Crippen molar-refractivity contribution in [3.63, 3.8) is 0 Å². The van der Waals surface area contributed by atoms with Crippen LogP contribution in [0.1, 0.15) is 88.5 Å². The van der Waals surface area contributed by atoms with Gasteiger partial charge in [-0.25, -0.2) is 0 Å². The van der Waals surface area contributed by atoms with E-state index in [4.69, 9.17) is 0 Å². The average Bonchev–Trinajstić information content (AvgIpc) is 3.08. The Bertz CT molecular complexity index is 1090. The molecular formula is C29H38BrN3O2. The van der Waals surface area contributed by atoms with E-state index in [1.54, 1.807) is 6.20 Å². The number of benzene rings is 1. The zero-order chi connectivity index (χ0) is 26.0. The third kappa shape index (κ3) is 6.21. The van der Waals surface area contributed by atoms with Crippen LogP contribution < -0.4 is 0 Å². The average molecular weight is 541 g/mol. The highest BCUT2D eigenvalue weighted by Crippen LogP contribution is 2.40. The van der Waals surface area contributed by atoms with E-state index < -0.39 is 0 Å². The number of phenols is 1. The van der Waals surface area contributed by atoms with Crippen molar-refractivity contribution in [2.24, 2.45) is 9.94 Å². The summed E-state index contributed by atoms with van der Waals surface area (Å²) < 4.78 is 4.42. The standard InChI is InChI=1S/C29H38BrN3O2/c1-8-11-19-17-33(27(32-30)22(19)16-21-12-9-10-13-31-21)18-25(34)20-14-23(28(2,3)4)26(35)24(15-20)29(5,6)7/h9-10,12-16,19,35H,8,11,17-18H2,1-7H3/b22-16+,32-27-.